The standard InChI is InChI=1S/C34H35N3O8/c1-22(38)35-31-18-19-37(33(40)36-31)32-20-29(44-23(2)39)30(45-32)21-43-34(24-8-6-5-7-9-24,25-10-14-27(41-3)15-11-25)26-12-16-28(42-4)17-13-26/h5-19,29-30,32H,20-21H2,1-4H3,(H,35,36,38,40)/t29-,30+,32+/m0/s1. The predicted octanol–water partition coefficient (Wildman–Crippen LogP) is 4.45. The fourth-order valence-corrected chi connectivity index (χ4v) is 5.52. The van der Waals surface area contributed by atoms with Crippen molar-refractivity contribution < 1.29 is 33.3 Å². The highest BCUT2D eigenvalue weighted by Crippen LogP contribution is 2.43. The molecule has 3 aromatic carbocycles. The first-order valence-corrected chi connectivity index (χ1v) is 14.4. The zero-order valence-electron chi connectivity index (χ0n) is 25.5. The lowest BCUT2D eigenvalue weighted by atomic mass is 9.80. The molecular formula is C34H35N3O8. The Bertz CT molecular complexity index is 1630. The van der Waals surface area contributed by atoms with Crippen LogP contribution in [0.1, 0.15) is 43.2 Å². The van der Waals surface area contributed by atoms with Crippen molar-refractivity contribution in [2.45, 2.75) is 44.3 Å². The van der Waals surface area contributed by atoms with Gasteiger partial charge in [-0.05, 0) is 47.0 Å². The minimum atomic E-state index is -1.12. The molecule has 1 aliphatic heterocycles. The number of carbonyl (C=O) groups excluding carboxylic acids is 2. The summed E-state index contributed by atoms with van der Waals surface area (Å²) in [6.07, 6.45) is -0.558. The number of nitrogens with one attached hydrogen (secondary N) is 1. The summed E-state index contributed by atoms with van der Waals surface area (Å²) in [4.78, 5) is 40.4. The van der Waals surface area contributed by atoms with Gasteiger partial charge in [0.05, 0.1) is 20.8 Å². The molecule has 0 unspecified atom stereocenters. The normalized spacial score (nSPS) is 17.8. The third-order valence-electron chi connectivity index (χ3n) is 7.58. The summed E-state index contributed by atoms with van der Waals surface area (Å²) in [7, 11) is 3.22. The Hall–Kier alpha value is -5.00. The lowest BCUT2D eigenvalue weighted by molar-refractivity contribution is -0.153. The topological polar surface area (TPSA) is 127 Å². The van der Waals surface area contributed by atoms with E-state index in [4.69, 9.17) is 23.7 Å². The van der Waals surface area contributed by atoms with Crippen LogP contribution in [0.5, 0.6) is 11.5 Å². The fraction of sp³-hybridized carbons (Fsp3) is 0.294. The van der Waals surface area contributed by atoms with Crippen LogP contribution >= 0.6 is 0 Å². The number of hydrogen-bond acceptors (Lipinski definition) is 9. The number of carbonyl (C=O) groups is 2. The number of ether oxygens (including phenoxy) is 5. The monoisotopic (exact) mass is 613 g/mol. The van der Waals surface area contributed by atoms with Crippen LogP contribution in [0.4, 0.5) is 5.82 Å². The number of benzene rings is 3. The van der Waals surface area contributed by atoms with Gasteiger partial charge in [0.2, 0.25) is 5.91 Å². The molecule has 234 valence electrons. The smallest absolute Gasteiger partial charge is 0.351 e. The molecule has 11 heteroatoms. The van der Waals surface area contributed by atoms with E-state index in [1.165, 1.54) is 30.7 Å². The molecule has 1 aliphatic rings. The van der Waals surface area contributed by atoms with Crippen LogP contribution in [0.3, 0.4) is 0 Å². The third-order valence-corrected chi connectivity index (χ3v) is 7.58. The first-order chi connectivity index (χ1) is 21.7. The van der Waals surface area contributed by atoms with Gasteiger partial charge in [0.15, 0.2) is 0 Å². The summed E-state index contributed by atoms with van der Waals surface area (Å²) in [6.45, 7) is 2.65. The molecule has 0 radical (unpaired) electrons. The van der Waals surface area contributed by atoms with Gasteiger partial charge < -0.3 is 29.0 Å². The van der Waals surface area contributed by atoms with E-state index in [9.17, 15) is 14.4 Å². The van der Waals surface area contributed by atoms with Crippen molar-refractivity contribution in [3.05, 3.63) is 118 Å². The zero-order chi connectivity index (χ0) is 32.0. The molecule has 0 aliphatic carbocycles. The number of anilines is 1. The average Bonchev–Trinajstić information content (AvgIpc) is 3.43. The molecule has 0 bridgehead atoms. The largest absolute Gasteiger partial charge is 0.497 e. The van der Waals surface area contributed by atoms with Crippen LogP contribution in [0.2, 0.25) is 0 Å². The predicted molar refractivity (Wildman–Crippen MR) is 165 cm³/mol. The molecule has 11 nitrogen and oxygen atoms in total. The molecule has 3 atom stereocenters. The number of hydrogen-bond donors (Lipinski definition) is 1. The number of amides is 1. The fourth-order valence-electron chi connectivity index (χ4n) is 5.52. The Morgan fingerprint density at radius 1 is 0.889 bits per heavy atom. The van der Waals surface area contributed by atoms with Gasteiger partial charge in [-0.25, -0.2) is 4.79 Å². The van der Waals surface area contributed by atoms with Crippen LogP contribution in [-0.4, -0.2) is 54.5 Å². The van der Waals surface area contributed by atoms with Crippen molar-refractivity contribution >= 4 is 17.7 Å². The van der Waals surface area contributed by atoms with Crippen LogP contribution in [0.15, 0.2) is 95.9 Å². The Kier molecular flexibility index (Phi) is 9.60. The van der Waals surface area contributed by atoms with Gasteiger partial charge in [0.1, 0.15) is 41.4 Å². The van der Waals surface area contributed by atoms with Crippen molar-refractivity contribution in [2.75, 3.05) is 26.1 Å². The van der Waals surface area contributed by atoms with Gasteiger partial charge in [-0.3, -0.25) is 14.2 Å². The molecule has 1 amide bonds. The molecule has 1 fully saturated rings. The first kappa shape index (κ1) is 31.4. The van der Waals surface area contributed by atoms with Gasteiger partial charge in [0.25, 0.3) is 0 Å². The molecule has 2 heterocycles. The van der Waals surface area contributed by atoms with E-state index in [0.29, 0.717) is 11.5 Å². The second kappa shape index (κ2) is 13.7. The van der Waals surface area contributed by atoms with Crippen molar-refractivity contribution in [1.82, 2.24) is 9.55 Å². The van der Waals surface area contributed by atoms with Crippen LogP contribution < -0.4 is 20.5 Å². The Morgan fingerprint density at radius 2 is 1.47 bits per heavy atom. The zero-order valence-corrected chi connectivity index (χ0v) is 25.5. The minimum absolute atomic E-state index is 0.00639. The summed E-state index contributed by atoms with van der Waals surface area (Å²) < 4.78 is 31.1. The SMILES string of the molecule is COc1ccc(C(OC[C@H]2O[C@@H](n3ccc(NC(C)=O)nc3=O)C[C@@H]2OC(C)=O)(c2ccccc2)c2ccc(OC)cc2)cc1. The lowest BCUT2D eigenvalue weighted by Crippen LogP contribution is -2.39. The van der Waals surface area contributed by atoms with E-state index < -0.39 is 35.7 Å². The highest BCUT2D eigenvalue weighted by atomic mass is 16.6. The molecule has 1 aromatic heterocycles. The van der Waals surface area contributed by atoms with Gasteiger partial charge in [-0.1, -0.05) is 54.6 Å². The summed E-state index contributed by atoms with van der Waals surface area (Å²) in [5.74, 6) is 0.677. The highest BCUT2D eigenvalue weighted by molar-refractivity contribution is 5.87. The van der Waals surface area contributed by atoms with Gasteiger partial charge >= 0.3 is 11.7 Å². The summed E-state index contributed by atoms with van der Waals surface area (Å²) >= 11 is 0. The van der Waals surface area contributed by atoms with Gasteiger partial charge in [-0.2, -0.15) is 4.98 Å². The summed E-state index contributed by atoms with van der Waals surface area (Å²) in [6, 6.07) is 26.5. The second-order valence-corrected chi connectivity index (χ2v) is 10.5. The molecule has 1 N–H and O–H groups in total. The molecule has 0 spiro atoms. The first-order valence-electron chi connectivity index (χ1n) is 14.4. The molecule has 1 saturated heterocycles. The summed E-state index contributed by atoms with van der Waals surface area (Å²) in [5, 5.41) is 2.50. The average molecular weight is 614 g/mol. The molecule has 0 saturated carbocycles. The molecule has 45 heavy (non-hydrogen) atoms. The van der Waals surface area contributed by atoms with Crippen molar-refractivity contribution in [1.29, 1.82) is 0 Å². The number of rotatable bonds is 11. The maximum absolute atomic E-state index is 12.9. The molecule has 5 rings (SSSR count). The van der Waals surface area contributed by atoms with Crippen molar-refractivity contribution in [3.63, 3.8) is 0 Å². The van der Waals surface area contributed by atoms with E-state index in [1.54, 1.807) is 14.2 Å². The lowest BCUT2D eigenvalue weighted by Gasteiger charge is -2.37. The van der Waals surface area contributed by atoms with E-state index >= 15 is 0 Å². The van der Waals surface area contributed by atoms with Crippen molar-refractivity contribution in [3.8, 4) is 11.5 Å². The Balaban J connectivity index is 1.53. The quantitative estimate of drug-likeness (QED) is 0.193. The molecular weight excluding hydrogens is 578 g/mol. The van der Waals surface area contributed by atoms with E-state index in [1.807, 2.05) is 78.9 Å². The second-order valence-electron chi connectivity index (χ2n) is 10.5. The van der Waals surface area contributed by atoms with E-state index in [-0.39, 0.29) is 24.8 Å². The number of nitrogens with zero attached hydrogens (tertiary/aromatic N) is 2. The summed E-state index contributed by atoms with van der Waals surface area (Å²) in [5.41, 5.74) is 0.761. The van der Waals surface area contributed by atoms with Crippen LogP contribution in [-0.2, 0) is 29.4 Å². The van der Waals surface area contributed by atoms with E-state index in [0.717, 1.165) is 16.7 Å². The van der Waals surface area contributed by atoms with Crippen LogP contribution in [0, 0.1) is 0 Å². The highest BCUT2D eigenvalue weighted by Gasteiger charge is 2.43. The minimum Gasteiger partial charge on any atom is -0.497 e. The Labute approximate surface area is 260 Å². The third kappa shape index (κ3) is 6.89. The van der Waals surface area contributed by atoms with Gasteiger partial charge in [-0.15, -0.1) is 0 Å². The number of esters is 1. The van der Waals surface area contributed by atoms with E-state index in [2.05, 4.69) is 10.3 Å². The molecule has 4 aromatic rings. The number of methoxy groups -OCH3 is 2. The maximum Gasteiger partial charge on any atom is 0.351 e. The Morgan fingerprint density at radius 3 is 1.98 bits per heavy atom. The van der Waals surface area contributed by atoms with Crippen molar-refractivity contribution in [2.24, 2.45) is 0 Å². The van der Waals surface area contributed by atoms with Gasteiger partial charge in [0, 0.05) is 26.5 Å². The van der Waals surface area contributed by atoms with Crippen LogP contribution in [0.25, 0.3) is 0 Å². The number of aromatic nitrogens is 2. The maximum atomic E-state index is 12.9.